The predicted octanol–water partition coefficient (Wildman–Crippen LogP) is 2.25. The van der Waals surface area contributed by atoms with Crippen LogP contribution in [0, 0.1) is 5.82 Å². The van der Waals surface area contributed by atoms with Crippen LogP contribution in [-0.2, 0) is 6.54 Å². The fourth-order valence-electron chi connectivity index (χ4n) is 1.44. The molecule has 2 heterocycles. The second-order valence-electron chi connectivity index (χ2n) is 3.55. The van der Waals surface area contributed by atoms with Gasteiger partial charge in [-0.15, -0.1) is 0 Å². The van der Waals surface area contributed by atoms with Crippen LogP contribution >= 0.6 is 0 Å². The Balaban J connectivity index is 2.09. The topological polar surface area (TPSA) is 29.0 Å². The van der Waals surface area contributed by atoms with Crippen molar-refractivity contribution in [3.05, 3.63) is 54.2 Å². The van der Waals surface area contributed by atoms with Gasteiger partial charge in [-0.2, -0.15) is 0 Å². The number of aromatic nitrogens is 2. The lowest BCUT2D eigenvalue weighted by atomic mass is 10.2. The molecule has 0 aliphatic carbocycles. The molecule has 0 fully saturated rings. The maximum atomic E-state index is 12.7. The van der Waals surface area contributed by atoms with Crippen molar-refractivity contribution in [2.75, 3.05) is 11.9 Å². The lowest BCUT2D eigenvalue weighted by Crippen LogP contribution is -2.17. The molecule has 0 aliphatic heterocycles. The molecular formula is C12H12FN3. The van der Waals surface area contributed by atoms with E-state index in [9.17, 15) is 4.39 Å². The molecule has 0 N–H and O–H groups in total. The zero-order valence-corrected chi connectivity index (χ0v) is 8.97. The number of anilines is 1. The van der Waals surface area contributed by atoms with Gasteiger partial charge in [0, 0.05) is 26.0 Å². The first-order valence-electron chi connectivity index (χ1n) is 4.97. The van der Waals surface area contributed by atoms with Gasteiger partial charge in [0.15, 0.2) is 0 Å². The Labute approximate surface area is 93.6 Å². The summed E-state index contributed by atoms with van der Waals surface area (Å²) in [7, 11) is 1.92. The average Bonchev–Trinajstić information content (AvgIpc) is 2.31. The van der Waals surface area contributed by atoms with Crippen LogP contribution in [0.15, 0.2) is 42.9 Å². The van der Waals surface area contributed by atoms with E-state index >= 15 is 0 Å². The lowest BCUT2D eigenvalue weighted by Gasteiger charge is -2.17. The van der Waals surface area contributed by atoms with Crippen molar-refractivity contribution >= 4 is 5.82 Å². The molecule has 0 unspecified atom stereocenters. The molecule has 4 heteroatoms. The highest BCUT2D eigenvalue weighted by atomic mass is 19.1. The first kappa shape index (κ1) is 10.5. The normalized spacial score (nSPS) is 10.1. The zero-order chi connectivity index (χ0) is 11.4. The predicted molar refractivity (Wildman–Crippen MR) is 60.5 cm³/mol. The van der Waals surface area contributed by atoms with Crippen molar-refractivity contribution in [3.8, 4) is 0 Å². The number of halogens is 1. The monoisotopic (exact) mass is 217 g/mol. The largest absolute Gasteiger partial charge is 0.355 e. The molecule has 3 nitrogen and oxygen atoms in total. The maximum Gasteiger partial charge on any atom is 0.141 e. The minimum atomic E-state index is -0.318. The SMILES string of the molecule is CN(Cc1ccncc1)c1ccc(F)cn1. The van der Waals surface area contributed by atoms with E-state index in [0.717, 1.165) is 17.9 Å². The van der Waals surface area contributed by atoms with Crippen molar-refractivity contribution < 1.29 is 4.39 Å². The third-order valence-corrected chi connectivity index (χ3v) is 2.27. The second-order valence-corrected chi connectivity index (χ2v) is 3.55. The van der Waals surface area contributed by atoms with Gasteiger partial charge in [0.1, 0.15) is 11.6 Å². The first-order chi connectivity index (χ1) is 7.75. The standard InChI is InChI=1S/C12H12FN3/c1-16(9-10-4-6-14-7-5-10)12-3-2-11(13)8-15-12/h2-8H,9H2,1H3. The van der Waals surface area contributed by atoms with Gasteiger partial charge >= 0.3 is 0 Å². The molecule has 82 valence electrons. The van der Waals surface area contributed by atoms with Crippen LogP contribution in [0.2, 0.25) is 0 Å². The van der Waals surface area contributed by atoms with Crippen molar-refractivity contribution in [2.24, 2.45) is 0 Å². The molecule has 2 aromatic heterocycles. The summed E-state index contributed by atoms with van der Waals surface area (Å²) < 4.78 is 12.7. The van der Waals surface area contributed by atoms with Crippen LogP contribution in [0.3, 0.4) is 0 Å². The van der Waals surface area contributed by atoms with Gasteiger partial charge in [-0.05, 0) is 29.8 Å². The Kier molecular flexibility index (Phi) is 3.10. The van der Waals surface area contributed by atoms with Gasteiger partial charge in [-0.1, -0.05) is 0 Å². The van der Waals surface area contributed by atoms with E-state index in [0.29, 0.717) is 0 Å². The van der Waals surface area contributed by atoms with Crippen LogP contribution in [0.25, 0.3) is 0 Å². The Morgan fingerprint density at radius 1 is 1.19 bits per heavy atom. The highest BCUT2D eigenvalue weighted by Gasteiger charge is 2.03. The van der Waals surface area contributed by atoms with Crippen LogP contribution in [0.1, 0.15) is 5.56 Å². The summed E-state index contributed by atoms with van der Waals surface area (Å²) in [6.45, 7) is 0.723. The van der Waals surface area contributed by atoms with Gasteiger partial charge in [0.2, 0.25) is 0 Å². The lowest BCUT2D eigenvalue weighted by molar-refractivity contribution is 0.621. The minimum Gasteiger partial charge on any atom is -0.355 e. The number of rotatable bonds is 3. The highest BCUT2D eigenvalue weighted by Crippen LogP contribution is 2.11. The van der Waals surface area contributed by atoms with E-state index in [-0.39, 0.29) is 5.82 Å². The van der Waals surface area contributed by atoms with Crippen LogP contribution < -0.4 is 4.90 Å². The average molecular weight is 217 g/mol. The number of hydrogen-bond donors (Lipinski definition) is 0. The number of hydrogen-bond acceptors (Lipinski definition) is 3. The highest BCUT2D eigenvalue weighted by molar-refractivity contribution is 5.37. The summed E-state index contributed by atoms with van der Waals surface area (Å²) in [5.41, 5.74) is 1.14. The molecule has 0 saturated carbocycles. The van der Waals surface area contributed by atoms with E-state index in [1.54, 1.807) is 18.5 Å². The van der Waals surface area contributed by atoms with Gasteiger partial charge < -0.3 is 4.90 Å². The Morgan fingerprint density at radius 2 is 1.94 bits per heavy atom. The number of pyridine rings is 2. The first-order valence-corrected chi connectivity index (χ1v) is 4.97. The second kappa shape index (κ2) is 4.70. The molecule has 0 aliphatic rings. The minimum absolute atomic E-state index is 0.318. The van der Waals surface area contributed by atoms with Crippen molar-refractivity contribution in [1.29, 1.82) is 0 Å². The zero-order valence-electron chi connectivity index (χ0n) is 8.97. The molecule has 0 bridgehead atoms. The summed E-state index contributed by atoms with van der Waals surface area (Å²) >= 11 is 0. The molecule has 0 saturated heterocycles. The Hall–Kier alpha value is -1.97. The summed E-state index contributed by atoms with van der Waals surface area (Å²) in [6.07, 6.45) is 4.72. The van der Waals surface area contributed by atoms with Crippen LogP contribution in [0.4, 0.5) is 10.2 Å². The van der Waals surface area contributed by atoms with Gasteiger partial charge in [-0.25, -0.2) is 9.37 Å². The summed E-state index contributed by atoms with van der Waals surface area (Å²) in [5.74, 6) is 0.430. The number of nitrogens with zero attached hydrogens (tertiary/aromatic N) is 3. The fourth-order valence-corrected chi connectivity index (χ4v) is 1.44. The molecule has 0 spiro atoms. The van der Waals surface area contributed by atoms with E-state index < -0.39 is 0 Å². The van der Waals surface area contributed by atoms with Crippen molar-refractivity contribution in [1.82, 2.24) is 9.97 Å². The molecule has 0 radical (unpaired) electrons. The van der Waals surface area contributed by atoms with Gasteiger partial charge in [-0.3, -0.25) is 4.98 Å². The Bertz CT molecular complexity index is 442. The third kappa shape index (κ3) is 2.53. The molecule has 0 amide bonds. The molecule has 0 aromatic carbocycles. The summed E-state index contributed by atoms with van der Waals surface area (Å²) in [6, 6.07) is 6.96. The van der Waals surface area contributed by atoms with E-state index in [4.69, 9.17) is 0 Å². The fraction of sp³-hybridized carbons (Fsp3) is 0.167. The summed E-state index contributed by atoms with van der Waals surface area (Å²) in [4.78, 5) is 9.92. The quantitative estimate of drug-likeness (QED) is 0.789. The maximum absolute atomic E-state index is 12.7. The third-order valence-electron chi connectivity index (χ3n) is 2.27. The molecule has 2 aromatic rings. The molecule has 2 rings (SSSR count). The smallest absolute Gasteiger partial charge is 0.141 e. The molecule has 16 heavy (non-hydrogen) atoms. The van der Waals surface area contributed by atoms with Crippen molar-refractivity contribution in [3.63, 3.8) is 0 Å². The van der Waals surface area contributed by atoms with Crippen molar-refractivity contribution in [2.45, 2.75) is 6.54 Å². The van der Waals surface area contributed by atoms with Crippen LogP contribution in [0.5, 0.6) is 0 Å². The van der Waals surface area contributed by atoms with Gasteiger partial charge in [0.25, 0.3) is 0 Å². The van der Waals surface area contributed by atoms with Crippen LogP contribution in [-0.4, -0.2) is 17.0 Å². The summed E-state index contributed by atoms with van der Waals surface area (Å²) in [5, 5.41) is 0. The Morgan fingerprint density at radius 3 is 2.56 bits per heavy atom. The van der Waals surface area contributed by atoms with E-state index in [1.807, 2.05) is 24.1 Å². The molecular weight excluding hydrogens is 205 g/mol. The van der Waals surface area contributed by atoms with Gasteiger partial charge in [0.05, 0.1) is 6.20 Å². The molecule has 0 atom stereocenters. The van der Waals surface area contributed by atoms with E-state index in [2.05, 4.69) is 9.97 Å². The van der Waals surface area contributed by atoms with E-state index in [1.165, 1.54) is 12.3 Å².